The molecule has 0 saturated carbocycles. The molecule has 2 aromatic carbocycles. The van der Waals surface area contributed by atoms with Crippen molar-refractivity contribution in [3.05, 3.63) is 76.7 Å². The molecule has 196 valence electrons. The Hall–Kier alpha value is -3.13. The molecule has 37 heavy (non-hydrogen) atoms. The van der Waals surface area contributed by atoms with Gasteiger partial charge in [0.05, 0.1) is 22.4 Å². The van der Waals surface area contributed by atoms with E-state index < -0.39 is 0 Å². The molecular weight excluding hydrogens is 487 g/mol. The summed E-state index contributed by atoms with van der Waals surface area (Å²) in [7, 11) is 0. The SMILES string of the molecule is CCC(C)NC(=O)CN1C(=O)CSC(c2ccc(F)cc2)c2c(C(C)(C)C)nn(-c3ccccc3C)c21. The number of nitrogens with one attached hydrogen (secondary N) is 1. The fourth-order valence-electron chi connectivity index (χ4n) is 4.51. The molecule has 1 aliphatic heterocycles. The molecule has 2 atom stereocenters. The Bertz CT molecular complexity index is 1300. The summed E-state index contributed by atoms with van der Waals surface area (Å²) in [6.45, 7) is 12.1. The van der Waals surface area contributed by atoms with Crippen molar-refractivity contribution in [3.63, 3.8) is 0 Å². The molecular formula is C29H35FN4O2S. The minimum Gasteiger partial charge on any atom is -0.352 e. The number of carbonyl (C=O) groups is 2. The molecule has 0 spiro atoms. The van der Waals surface area contributed by atoms with E-state index >= 15 is 0 Å². The molecule has 0 bridgehead atoms. The number of amides is 2. The Morgan fingerprint density at radius 1 is 1.19 bits per heavy atom. The first-order valence-electron chi connectivity index (χ1n) is 12.7. The number of nitrogens with zero attached hydrogens (tertiary/aromatic N) is 3. The second-order valence-corrected chi connectivity index (χ2v) is 11.7. The average Bonchev–Trinajstić information content (AvgIpc) is 3.18. The van der Waals surface area contributed by atoms with Gasteiger partial charge in [0.15, 0.2) is 0 Å². The van der Waals surface area contributed by atoms with Gasteiger partial charge in [-0.3, -0.25) is 14.5 Å². The summed E-state index contributed by atoms with van der Waals surface area (Å²) < 4.78 is 15.7. The number of benzene rings is 2. The molecule has 0 fully saturated rings. The van der Waals surface area contributed by atoms with Gasteiger partial charge in [0.1, 0.15) is 18.2 Å². The Balaban J connectivity index is 1.99. The zero-order valence-corrected chi connectivity index (χ0v) is 23.2. The highest BCUT2D eigenvalue weighted by Crippen LogP contribution is 2.48. The molecule has 6 nitrogen and oxygen atoms in total. The van der Waals surface area contributed by atoms with E-state index in [-0.39, 0.29) is 46.6 Å². The number of aryl methyl sites for hydroxylation is 1. The molecule has 1 aromatic heterocycles. The van der Waals surface area contributed by atoms with Gasteiger partial charge in [-0.25, -0.2) is 9.07 Å². The molecule has 2 amide bonds. The number of rotatable bonds is 6. The summed E-state index contributed by atoms with van der Waals surface area (Å²) in [6.07, 6.45) is 0.794. The highest BCUT2D eigenvalue weighted by Gasteiger charge is 2.40. The van der Waals surface area contributed by atoms with Crippen LogP contribution < -0.4 is 10.2 Å². The smallest absolute Gasteiger partial charge is 0.240 e. The van der Waals surface area contributed by atoms with Crippen molar-refractivity contribution in [2.24, 2.45) is 0 Å². The molecule has 0 aliphatic carbocycles. The fraction of sp³-hybridized carbons (Fsp3) is 0.414. The third kappa shape index (κ3) is 5.59. The number of carbonyl (C=O) groups excluding carboxylic acids is 2. The lowest BCUT2D eigenvalue weighted by molar-refractivity contribution is -0.123. The minimum atomic E-state index is -0.352. The lowest BCUT2D eigenvalue weighted by Crippen LogP contribution is -2.44. The number of hydrogen-bond acceptors (Lipinski definition) is 4. The summed E-state index contributed by atoms with van der Waals surface area (Å²) in [5.41, 5.74) is 4.11. The van der Waals surface area contributed by atoms with Crippen molar-refractivity contribution in [2.45, 2.75) is 64.7 Å². The summed E-state index contributed by atoms with van der Waals surface area (Å²) in [5, 5.41) is 7.84. The van der Waals surface area contributed by atoms with Crippen LogP contribution in [0.2, 0.25) is 0 Å². The van der Waals surface area contributed by atoms with Crippen LogP contribution in [0, 0.1) is 12.7 Å². The molecule has 0 radical (unpaired) electrons. The van der Waals surface area contributed by atoms with Crippen molar-refractivity contribution in [3.8, 4) is 5.69 Å². The van der Waals surface area contributed by atoms with Gasteiger partial charge >= 0.3 is 0 Å². The quantitative estimate of drug-likeness (QED) is 0.451. The first-order valence-corrected chi connectivity index (χ1v) is 13.7. The van der Waals surface area contributed by atoms with Crippen LogP contribution in [0.4, 0.5) is 10.2 Å². The number of anilines is 1. The maximum absolute atomic E-state index is 13.8. The van der Waals surface area contributed by atoms with Crippen LogP contribution in [0.1, 0.15) is 68.7 Å². The molecule has 3 aromatic rings. The maximum Gasteiger partial charge on any atom is 0.240 e. The maximum atomic E-state index is 13.8. The average molecular weight is 523 g/mol. The van der Waals surface area contributed by atoms with Crippen LogP contribution >= 0.6 is 11.8 Å². The molecule has 2 heterocycles. The van der Waals surface area contributed by atoms with Crippen molar-refractivity contribution >= 4 is 29.4 Å². The summed E-state index contributed by atoms with van der Waals surface area (Å²) in [6, 6.07) is 14.3. The van der Waals surface area contributed by atoms with E-state index in [1.165, 1.54) is 23.9 Å². The number of para-hydroxylation sites is 1. The molecule has 8 heteroatoms. The van der Waals surface area contributed by atoms with Gasteiger partial charge in [-0.2, -0.15) is 5.10 Å². The molecule has 1 N–H and O–H groups in total. The van der Waals surface area contributed by atoms with E-state index in [0.717, 1.165) is 34.5 Å². The standard InChI is InChI=1S/C29H35FN4O2S/c1-7-19(3)31-23(35)16-33-24(36)17-37-26(20-12-14-21(30)15-13-20)25-27(29(4,5)6)32-34(28(25)33)22-11-9-8-10-18(22)2/h8-15,19,26H,7,16-17H2,1-6H3,(H,31,35). The third-order valence-electron chi connectivity index (χ3n) is 6.64. The van der Waals surface area contributed by atoms with Gasteiger partial charge < -0.3 is 5.32 Å². The Morgan fingerprint density at radius 2 is 1.86 bits per heavy atom. The van der Waals surface area contributed by atoms with E-state index in [9.17, 15) is 14.0 Å². The van der Waals surface area contributed by atoms with Crippen LogP contribution in [-0.4, -0.2) is 39.9 Å². The second kappa shape index (κ2) is 10.7. The van der Waals surface area contributed by atoms with E-state index in [0.29, 0.717) is 5.82 Å². The van der Waals surface area contributed by atoms with Crippen LogP contribution in [0.3, 0.4) is 0 Å². The normalized spacial score (nSPS) is 16.8. The van der Waals surface area contributed by atoms with E-state index in [2.05, 4.69) is 26.1 Å². The van der Waals surface area contributed by atoms with Crippen molar-refractivity contribution in [1.82, 2.24) is 15.1 Å². The Labute approximate surface area is 222 Å². The first kappa shape index (κ1) is 26.9. The van der Waals surface area contributed by atoms with Gasteiger partial charge in [0.25, 0.3) is 0 Å². The number of halogens is 1. The van der Waals surface area contributed by atoms with Crippen molar-refractivity contribution in [2.75, 3.05) is 17.2 Å². The number of fused-ring (bicyclic) bond motifs is 1. The predicted octanol–water partition coefficient (Wildman–Crippen LogP) is 5.70. The van der Waals surface area contributed by atoms with Crippen LogP contribution in [0.5, 0.6) is 0 Å². The topological polar surface area (TPSA) is 67.2 Å². The second-order valence-electron chi connectivity index (χ2n) is 10.6. The fourth-order valence-corrected chi connectivity index (χ4v) is 5.71. The monoisotopic (exact) mass is 522 g/mol. The lowest BCUT2D eigenvalue weighted by atomic mass is 9.87. The first-order chi connectivity index (χ1) is 17.5. The Morgan fingerprint density at radius 3 is 2.49 bits per heavy atom. The van der Waals surface area contributed by atoms with E-state index in [4.69, 9.17) is 5.10 Å². The van der Waals surface area contributed by atoms with Crippen molar-refractivity contribution in [1.29, 1.82) is 0 Å². The summed E-state index contributed by atoms with van der Waals surface area (Å²) in [4.78, 5) is 28.3. The molecule has 1 aliphatic rings. The lowest BCUT2D eigenvalue weighted by Gasteiger charge is -2.25. The largest absolute Gasteiger partial charge is 0.352 e. The molecule has 4 rings (SSSR count). The summed E-state index contributed by atoms with van der Waals surface area (Å²) >= 11 is 1.49. The number of thioether (sulfide) groups is 1. The summed E-state index contributed by atoms with van der Waals surface area (Å²) in [5.74, 6) is 0.0978. The molecule has 2 unspecified atom stereocenters. The highest BCUT2D eigenvalue weighted by molar-refractivity contribution is 8.00. The van der Waals surface area contributed by atoms with Gasteiger partial charge in [-0.15, -0.1) is 11.8 Å². The van der Waals surface area contributed by atoms with E-state index in [1.807, 2.05) is 49.7 Å². The van der Waals surface area contributed by atoms with Gasteiger partial charge in [-0.1, -0.05) is 58.0 Å². The van der Waals surface area contributed by atoms with Gasteiger partial charge in [0.2, 0.25) is 11.8 Å². The zero-order valence-electron chi connectivity index (χ0n) is 22.3. The van der Waals surface area contributed by atoms with Crippen LogP contribution in [0.25, 0.3) is 5.69 Å². The zero-order chi connectivity index (χ0) is 26.9. The van der Waals surface area contributed by atoms with E-state index in [1.54, 1.807) is 17.0 Å². The minimum absolute atomic E-state index is 0.00167. The predicted molar refractivity (Wildman–Crippen MR) is 148 cm³/mol. The van der Waals surface area contributed by atoms with Crippen LogP contribution in [0.15, 0.2) is 48.5 Å². The Kier molecular flexibility index (Phi) is 7.78. The van der Waals surface area contributed by atoms with Crippen LogP contribution in [-0.2, 0) is 15.0 Å². The van der Waals surface area contributed by atoms with Gasteiger partial charge in [0, 0.05) is 17.0 Å². The van der Waals surface area contributed by atoms with Gasteiger partial charge in [-0.05, 0) is 49.6 Å². The third-order valence-corrected chi connectivity index (χ3v) is 7.89. The van der Waals surface area contributed by atoms with Crippen molar-refractivity contribution < 1.29 is 14.0 Å². The number of hydrogen-bond donors (Lipinski definition) is 1. The number of aromatic nitrogens is 2. The highest BCUT2D eigenvalue weighted by atomic mass is 32.2. The molecule has 0 saturated heterocycles.